The van der Waals surface area contributed by atoms with Crippen LogP contribution in [0, 0.1) is 5.41 Å². The van der Waals surface area contributed by atoms with Crippen LogP contribution in [0.2, 0.25) is 0 Å². The van der Waals surface area contributed by atoms with E-state index >= 15 is 0 Å². The molecule has 1 aliphatic heterocycles. The fourth-order valence-corrected chi connectivity index (χ4v) is 2.94. The number of H-pyrrole nitrogens is 1. The van der Waals surface area contributed by atoms with Crippen LogP contribution in [-0.4, -0.2) is 40.9 Å². The van der Waals surface area contributed by atoms with Gasteiger partial charge in [-0.2, -0.15) is 5.10 Å². The van der Waals surface area contributed by atoms with Gasteiger partial charge in [-0.1, -0.05) is 13.8 Å². The number of aliphatic hydroxyl groups is 1. The molecular formula is C15H27ClN4O2. The zero-order valence-corrected chi connectivity index (χ0v) is 14.2. The second kappa shape index (κ2) is 8.50. The zero-order chi connectivity index (χ0) is 15.3. The SMILES string of the molecule is CCC(CC)(CCO)CNC(=O)c1n[nH]c2c1CNCC2.Cl. The highest BCUT2D eigenvalue weighted by Crippen LogP contribution is 2.29. The second-order valence-electron chi connectivity index (χ2n) is 5.82. The summed E-state index contributed by atoms with van der Waals surface area (Å²) in [5, 5.41) is 22.6. The van der Waals surface area contributed by atoms with Crippen molar-refractivity contribution in [3.05, 3.63) is 17.0 Å². The first-order valence-electron chi connectivity index (χ1n) is 7.81. The molecule has 0 spiro atoms. The molecule has 6 nitrogen and oxygen atoms in total. The molecule has 22 heavy (non-hydrogen) atoms. The molecule has 0 fully saturated rings. The van der Waals surface area contributed by atoms with Gasteiger partial charge in [-0.15, -0.1) is 12.4 Å². The number of hydrogen-bond acceptors (Lipinski definition) is 4. The summed E-state index contributed by atoms with van der Waals surface area (Å²) in [5.41, 5.74) is 2.52. The van der Waals surface area contributed by atoms with E-state index in [0.717, 1.165) is 37.1 Å². The van der Waals surface area contributed by atoms with E-state index in [9.17, 15) is 9.90 Å². The van der Waals surface area contributed by atoms with Gasteiger partial charge in [0.1, 0.15) is 0 Å². The third kappa shape index (κ3) is 4.00. The standard InChI is InChI=1S/C15H26N4O2.ClH/c1-3-15(4-2,6-8-20)10-17-14(21)13-11-9-16-7-5-12(11)18-19-13;/h16,20H,3-10H2,1-2H3,(H,17,21)(H,18,19);1H. The van der Waals surface area contributed by atoms with Crippen LogP contribution in [0.25, 0.3) is 0 Å². The van der Waals surface area contributed by atoms with Gasteiger partial charge in [-0.05, 0) is 24.7 Å². The predicted molar refractivity (Wildman–Crippen MR) is 88.3 cm³/mol. The van der Waals surface area contributed by atoms with E-state index in [-0.39, 0.29) is 30.3 Å². The summed E-state index contributed by atoms with van der Waals surface area (Å²) in [5.74, 6) is -0.125. The van der Waals surface area contributed by atoms with E-state index < -0.39 is 0 Å². The molecule has 1 aromatic rings. The molecule has 0 aliphatic carbocycles. The number of carbonyl (C=O) groups is 1. The van der Waals surface area contributed by atoms with Gasteiger partial charge in [0.05, 0.1) is 0 Å². The lowest BCUT2D eigenvalue weighted by Gasteiger charge is -2.31. The van der Waals surface area contributed by atoms with Crippen molar-refractivity contribution < 1.29 is 9.90 Å². The number of amides is 1. The maximum absolute atomic E-state index is 12.4. The minimum Gasteiger partial charge on any atom is -0.396 e. The van der Waals surface area contributed by atoms with E-state index in [2.05, 4.69) is 34.7 Å². The van der Waals surface area contributed by atoms with Crippen LogP contribution >= 0.6 is 12.4 Å². The minimum absolute atomic E-state index is 0. The van der Waals surface area contributed by atoms with Gasteiger partial charge >= 0.3 is 0 Å². The Morgan fingerprint density at radius 1 is 1.41 bits per heavy atom. The quantitative estimate of drug-likeness (QED) is 0.608. The van der Waals surface area contributed by atoms with Crippen LogP contribution in [0.1, 0.15) is 54.9 Å². The molecule has 1 amide bonds. The van der Waals surface area contributed by atoms with E-state index in [1.807, 2.05) is 0 Å². The Hall–Kier alpha value is -1.11. The van der Waals surface area contributed by atoms with Crippen molar-refractivity contribution in [1.82, 2.24) is 20.8 Å². The summed E-state index contributed by atoms with van der Waals surface area (Å²) < 4.78 is 0. The highest BCUT2D eigenvalue weighted by atomic mass is 35.5. The lowest BCUT2D eigenvalue weighted by Crippen LogP contribution is -2.38. The monoisotopic (exact) mass is 330 g/mol. The van der Waals surface area contributed by atoms with E-state index in [4.69, 9.17) is 0 Å². The van der Waals surface area contributed by atoms with Gasteiger partial charge in [0.25, 0.3) is 5.91 Å². The summed E-state index contributed by atoms with van der Waals surface area (Å²) in [6.45, 7) is 6.55. The van der Waals surface area contributed by atoms with Crippen molar-refractivity contribution in [2.24, 2.45) is 5.41 Å². The molecule has 1 aliphatic rings. The number of fused-ring (bicyclic) bond motifs is 1. The van der Waals surface area contributed by atoms with Gasteiger partial charge in [0, 0.05) is 43.9 Å². The molecule has 4 N–H and O–H groups in total. The highest BCUT2D eigenvalue weighted by Gasteiger charge is 2.28. The Labute approximate surface area is 137 Å². The number of rotatable bonds is 7. The van der Waals surface area contributed by atoms with E-state index in [1.165, 1.54) is 0 Å². The molecule has 0 saturated heterocycles. The first-order chi connectivity index (χ1) is 10.2. The van der Waals surface area contributed by atoms with Crippen LogP contribution < -0.4 is 10.6 Å². The minimum atomic E-state index is -0.125. The summed E-state index contributed by atoms with van der Waals surface area (Å²) in [6, 6.07) is 0. The Morgan fingerprint density at radius 2 is 2.14 bits per heavy atom. The van der Waals surface area contributed by atoms with Gasteiger partial charge in [0.2, 0.25) is 0 Å². The first kappa shape index (κ1) is 18.9. The van der Waals surface area contributed by atoms with Crippen molar-refractivity contribution in [3.63, 3.8) is 0 Å². The van der Waals surface area contributed by atoms with Crippen LogP contribution in [0.5, 0.6) is 0 Å². The molecule has 0 atom stereocenters. The molecule has 0 radical (unpaired) electrons. The molecule has 126 valence electrons. The van der Waals surface area contributed by atoms with Crippen LogP contribution in [0.3, 0.4) is 0 Å². The largest absolute Gasteiger partial charge is 0.396 e. The summed E-state index contributed by atoms with van der Waals surface area (Å²) >= 11 is 0. The molecular weight excluding hydrogens is 304 g/mol. The molecule has 2 rings (SSSR count). The normalized spacial score (nSPS) is 14.1. The van der Waals surface area contributed by atoms with Gasteiger partial charge in [-0.3, -0.25) is 9.89 Å². The van der Waals surface area contributed by atoms with Crippen molar-refractivity contribution >= 4 is 18.3 Å². The predicted octanol–water partition coefficient (Wildman–Crippen LogP) is 1.40. The van der Waals surface area contributed by atoms with E-state index in [1.54, 1.807) is 0 Å². The molecule has 0 unspecified atom stereocenters. The van der Waals surface area contributed by atoms with Gasteiger partial charge < -0.3 is 15.7 Å². The molecule has 0 saturated carbocycles. The average molecular weight is 331 g/mol. The number of nitrogens with zero attached hydrogens (tertiary/aromatic N) is 1. The number of nitrogens with one attached hydrogen (secondary N) is 3. The zero-order valence-electron chi connectivity index (χ0n) is 13.4. The summed E-state index contributed by atoms with van der Waals surface area (Å²) in [6.07, 6.45) is 3.46. The van der Waals surface area contributed by atoms with Crippen LogP contribution in [0.4, 0.5) is 0 Å². The Balaban J connectivity index is 0.00000242. The van der Waals surface area contributed by atoms with Crippen molar-refractivity contribution in [2.75, 3.05) is 19.7 Å². The number of hydrogen-bond donors (Lipinski definition) is 4. The smallest absolute Gasteiger partial charge is 0.272 e. The molecule has 7 heteroatoms. The van der Waals surface area contributed by atoms with Crippen molar-refractivity contribution in [2.45, 2.75) is 46.1 Å². The molecule has 1 aromatic heterocycles. The van der Waals surface area contributed by atoms with Gasteiger partial charge in [0.15, 0.2) is 5.69 Å². The third-order valence-corrected chi connectivity index (χ3v) is 4.79. The molecule has 0 bridgehead atoms. The molecule has 0 aromatic carbocycles. The van der Waals surface area contributed by atoms with Crippen LogP contribution in [0.15, 0.2) is 0 Å². The fraction of sp³-hybridized carbons (Fsp3) is 0.733. The lowest BCUT2D eigenvalue weighted by atomic mass is 9.79. The van der Waals surface area contributed by atoms with Crippen LogP contribution in [-0.2, 0) is 13.0 Å². The Kier molecular flexibility index (Phi) is 7.32. The molecule has 2 heterocycles. The van der Waals surface area contributed by atoms with E-state index in [0.29, 0.717) is 25.2 Å². The number of halogens is 1. The maximum Gasteiger partial charge on any atom is 0.272 e. The average Bonchev–Trinajstić information content (AvgIpc) is 2.95. The van der Waals surface area contributed by atoms with Crippen molar-refractivity contribution in [3.8, 4) is 0 Å². The number of aromatic amines is 1. The number of carbonyl (C=O) groups excluding carboxylic acids is 1. The third-order valence-electron chi connectivity index (χ3n) is 4.79. The summed E-state index contributed by atoms with van der Waals surface area (Å²) in [7, 11) is 0. The van der Waals surface area contributed by atoms with Gasteiger partial charge in [-0.25, -0.2) is 0 Å². The Morgan fingerprint density at radius 3 is 2.77 bits per heavy atom. The number of aliphatic hydroxyl groups excluding tert-OH is 1. The van der Waals surface area contributed by atoms with Crippen molar-refractivity contribution in [1.29, 1.82) is 0 Å². The fourth-order valence-electron chi connectivity index (χ4n) is 2.94. The summed E-state index contributed by atoms with van der Waals surface area (Å²) in [4.78, 5) is 12.4. The second-order valence-corrected chi connectivity index (χ2v) is 5.82. The number of aromatic nitrogens is 2. The maximum atomic E-state index is 12.4. The highest BCUT2D eigenvalue weighted by molar-refractivity contribution is 5.94. The Bertz CT molecular complexity index is 486. The first-order valence-corrected chi connectivity index (χ1v) is 7.81. The lowest BCUT2D eigenvalue weighted by molar-refractivity contribution is 0.0901. The topological polar surface area (TPSA) is 90.0 Å².